The van der Waals surface area contributed by atoms with Gasteiger partial charge in [-0.15, -0.1) is 5.10 Å². The van der Waals surface area contributed by atoms with E-state index in [2.05, 4.69) is 24.2 Å². The molecule has 0 radical (unpaired) electrons. The van der Waals surface area contributed by atoms with E-state index in [0.29, 0.717) is 5.56 Å². The Morgan fingerprint density at radius 2 is 1.87 bits per heavy atom. The van der Waals surface area contributed by atoms with Gasteiger partial charge >= 0.3 is 5.97 Å². The minimum absolute atomic E-state index is 0.00310. The van der Waals surface area contributed by atoms with Crippen molar-refractivity contribution in [1.82, 2.24) is 15.0 Å². The van der Waals surface area contributed by atoms with Crippen LogP contribution in [0.1, 0.15) is 49.2 Å². The molecule has 0 fully saturated rings. The van der Waals surface area contributed by atoms with Crippen LogP contribution >= 0.6 is 0 Å². The molecule has 2 heterocycles. The molecule has 0 aliphatic carbocycles. The first-order valence-corrected chi connectivity index (χ1v) is 10.5. The molecule has 0 saturated heterocycles. The zero-order chi connectivity index (χ0) is 22.1. The van der Waals surface area contributed by atoms with Crippen LogP contribution in [0.4, 0.5) is 5.69 Å². The molecular weight excluding hydrogens is 392 g/mol. The van der Waals surface area contributed by atoms with Crippen LogP contribution in [0.15, 0.2) is 54.7 Å². The van der Waals surface area contributed by atoms with Crippen molar-refractivity contribution in [1.29, 1.82) is 0 Å². The summed E-state index contributed by atoms with van der Waals surface area (Å²) in [4.78, 5) is 26.6. The lowest BCUT2D eigenvalue weighted by molar-refractivity contribution is -0.117. The second kappa shape index (κ2) is 8.34. The molecule has 1 aliphatic heterocycles. The summed E-state index contributed by atoms with van der Waals surface area (Å²) >= 11 is 0. The molecule has 31 heavy (non-hydrogen) atoms. The van der Waals surface area contributed by atoms with E-state index >= 15 is 0 Å². The fourth-order valence-corrected chi connectivity index (χ4v) is 4.66. The third kappa shape index (κ3) is 3.60. The molecule has 3 atom stereocenters. The van der Waals surface area contributed by atoms with Crippen LogP contribution in [0.25, 0.3) is 11.3 Å². The minimum atomic E-state index is -0.412. The Labute approximate surface area is 181 Å². The van der Waals surface area contributed by atoms with Crippen LogP contribution in [0.3, 0.4) is 0 Å². The Morgan fingerprint density at radius 1 is 1.13 bits per heavy atom. The van der Waals surface area contributed by atoms with Crippen LogP contribution in [0.5, 0.6) is 0 Å². The molecule has 0 N–H and O–H groups in total. The second-order valence-electron chi connectivity index (χ2n) is 7.88. The summed E-state index contributed by atoms with van der Waals surface area (Å²) in [5, 5.41) is 8.83. The van der Waals surface area contributed by atoms with E-state index in [1.807, 2.05) is 58.2 Å². The number of anilines is 1. The van der Waals surface area contributed by atoms with E-state index in [1.54, 1.807) is 13.0 Å². The zero-order valence-corrected chi connectivity index (χ0v) is 18.1. The lowest BCUT2D eigenvalue weighted by Crippen LogP contribution is -2.49. The Bertz CT molecular complexity index is 1110. The van der Waals surface area contributed by atoms with Gasteiger partial charge in [0, 0.05) is 35.7 Å². The van der Waals surface area contributed by atoms with Gasteiger partial charge in [-0.2, -0.15) is 0 Å². The Balaban J connectivity index is 1.87. The number of rotatable bonds is 4. The highest BCUT2D eigenvalue weighted by molar-refractivity contribution is 5.96. The minimum Gasteiger partial charge on any atom is -0.465 e. The molecule has 3 aromatic rings. The summed E-state index contributed by atoms with van der Waals surface area (Å²) in [6.45, 7) is 5.78. The summed E-state index contributed by atoms with van der Waals surface area (Å²) < 4.78 is 6.77. The number of ether oxygens (including phenoxy) is 1. The molecule has 1 amide bonds. The smallest absolute Gasteiger partial charge is 0.337 e. The van der Waals surface area contributed by atoms with Gasteiger partial charge in [-0.1, -0.05) is 49.4 Å². The molecular formula is C24H26N4O3. The van der Waals surface area contributed by atoms with Crippen LogP contribution in [0, 0.1) is 5.92 Å². The van der Waals surface area contributed by atoms with E-state index in [0.717, 1.165) is 28.9 Å². The number of esters is 1. The maximum atomic E-state index is 12.6. The Morgan fingerprint density at radius 3 is 2.52 bits per heavy atom. The average Bonchev–Trinajstić information content (AvgIpc) is 3.27. The van der Waals surface area contributed by atoms with E-state index in [1.165, 1.54) is 7.11 Å². The largest absolute Gasteiger partial charge is 0.465 e. The van der Waals surface area contributed by atoms with Gasteiger partial charge < -0.3 is 9.64 Å². The number of carbonyl (C=O) groups is 2. The second-order valence-corrected chi connectivity index (χ2v) is 7.88. The zero-order valence-electron chi connectivity index (χ0n) is 18.1. The summed E-state index contributed by atoms with van der Waals surface area (Å²) in [5.41, 5.74) is 3.87. The van der Waals surface area contributed by atoms with Gasteiger partial charge in [0.2, 0.25) is 5.91 Å². The maximum absolute atomic E-state index is 12.6. The topological polar surface area (TPSA) is 77.3 Å². The SMILES string of the molecule is CC[C@H]1[C@@H](C)C(n2cc(-c3ccccc3)nn2)c2cc(C(=O)OC)ccc2N1C(C)=O. The molecule has 2 aromatic carbocycles. The first-order chi connectivity index (χ1) is 15.0. The van der Waals surface area contributed by atoms with Crippen LogP contribution < -0.4 is 4.90 Å². The van der Waals surface area contributed by atoms with E-state index in [4.69, 9.17) is 4.74 Å². The van der Waals surface area contributed by atoms with E-state index < -0.39 is 5.97 Å². The first-order valence-electron chi connectivity index (χ1n) is 10.5. The van der Waals surface area contributed by atoms with E-state index in [9.17, 15) is 9.59 Å². The monoisotopic (exact) mass is 418 g/mol. The molecule has 4 rings (SSSR count). The van der Waals surface area contributed by atoms with Crippen molar-refractivity contribution in [3.05, 3.63) is 65.9 Å². The number of carbonyl (C=O) groups excluding carboxylic acids is 2. The van der Waals surface area contributed by atoms with E-state index in [-0.39, 0.29) is 23.9 Å². The predicted molar refractivity (Wildman–Crippen MR) is 118 cm³/mol. The molecule has 7 heteroatoms. The highest BCUT2D eigenvalue weighted by Gasteiger charge is 2.41. The highest BCUT2D eigenvalue weighted by Crippen LogP contribution is 2.44. The van der Waals surface area contributed by atoms with Gasteiger partial charge in [0.05, 0.1) is 24.9 Å². The van der Waals surface area contributed by atoms with Crippen molar-refractivity contribution in [2.24, 2.45) is 5.92 Å². The van der Waals surface area contributed by atoms with Crippen LogP contribution in [0.2, 0.25) is 0 Å². The highest BCUT2D eigenvalue weighted by atomic mass is 16.5. The number of methoxy groups -OCH3 is 1. The molecule has 1 aromatic heterocycles. The number of amides is 1. The van der Waals surface area contributed by atoms with Gasteiger partial charge in [0.25, 0.3) is 0 Å². The quantitative estimate of drug-likeness (QED) is 0.596. The maximum Gasteiger partial charge on any atom is 0.337 e. The first kappa shape index (κ1) is 20.8. The molecule has 160 valence electrons. The molecule has 0 bridgehead atoms. The third-order valence-corrected chi connectivity index (χ3v) is 6.09. The average molecular weight is 418 g/mol. The molecule has 1 unspecified atom stereocenters. The van der Waals surface area contributed by atoms with Crippen LogP contribution in [-0.2, 0) is 9.53 Å². The van der Waals surface area contributed by atoms with Gasteiger partial charge in [-0.05, 0) is 24.6 Å². The summed E-state index contributed by atoms with van der Waals surface area (Å²) in [7, 11) is 1.36. The van der Waals surface area contributed by atoms with Crippen molar-refractivity contribution >= 4 is 17.6 Å². The molecule has 0 spiro atoms. The van der Waals surface area contributed by atoms with Gasteiger partial charge in [0.15, 0.2) is 0 Å². The predicted octanol–water partition coefficient (Wildman–Crippen LogP) is 4.10. The molecule has 1 aliphatic rings. The lowest BCUT2D eigenvalue weighted by Gasteiger charge is -2.44. The molecule has 7 nitrogen and oxygen atoms in total. The van der Waals surface area contributed by atoms with Gasteiger partial charge in [-0.3, -0.25) is 4.79 Å². The fraction of sp³-hybridized carbons (Fsp3) is 0.333. The van der Waals surface area contributed by atoms with Gasteiger partial charge in [-0.25, -0.2) is 9.48 Å². The van der Waals surface area contributed by atoms with Crippen molar-refractivity contribution in [2.45, 2.75) is 39.3 Å². The number of benzene rings is 2. The summed E-state index contributed by atoms with van der Waals surface area (Å²) in [6, 6.07) is 15.1. The fourth-order valence-electron chi connectivity index (χ4n) is 4.66. The van der Waals surface area contributed by atoms with Crippen molar-refractivity contribution in [3.63, 3.8) is 0 Å². The number of fused-ring (bicyclic) bond motifs is 1. The summed E-state index contributed by atoms with van der Waals surface area (Å²) in [6.07, 6.45) is 2.73. The number of aromatic nitrogens is 3. The van der Waals surface area contributed by atoms with Crippen molar-refractivity contribution in [2.75, 3.05) is 12.0 Å². The van der Waals surface area contributed by atoms with Crippen molar-refractivity contribution < 1.29 is 14.3 Å². The standard InChI is InChI=1S/C24H26N4O3/c1-5-21-15(2)23(27-14-20(25-26-27)17-9-7-6-8-10-17)19-13-18(24(30)31-4)11-12-22(19)28(21)16(3)29/h6-15,21,23H,5H2,1-4H3/t15-,21+,23?/m1/s1. The molecule has 0 saturated carbocycles. The van der Waals surface area contributed by atoms with Crippen LogP contribution in [-0.4, -0.2) is 40.0 Å². The third-order valence-electron chi connectivity index (χ3n) is 6.09. The van der Waals surface area contributed by atoms with Crippen molar-refractivity contribution in [3.8, 4) is 11.3 Å². The lowest BCUT2D eigenvalue weighted by atomic mass is 9.80. The normalized spacial score (nSPS) is 20.3. The number of hydrogen-bond donors (Lipinski definition) is 0. The summed E-state index contributed by atoms with van der Waals surface area (Å²) in [5.74, 6) is -0.378. The Kier molecular flexibility index (Phi) is 5.59. The van der Waals surface area contributed by atoms with Gasteiger partial charge in [0.1, 0.15) is 5.69 Å². The number of hydrogen-bond acceptors (Lipinski definition) is 5. The Hall–Kier alpha value is -3.48. The number of nitrogens with zero attached hydrogens (tertiary/aromatic N) is 4.